The molecule has 0 radical (unpaired) electrons. The van der Waals surface area contributed by atoms with Gasteiger partial charge < -0.3 is 16.4 Å². The Balaban J connectivity index is 1.86. The summed E-state index contributed by atoms with van der Waals surface area (Å²) in [5.41, 5.74) is 7.18. The standard InChI is InChI=1S/C15H21N3O2/c1-2-13(19)17-11-4-6-12(7-5-11)18-14(20)10-15(16)8-3-9-15/h4-7H,2-3,8-10,16H2,1H3,(H,17,19)(H,18,20). The fourth-order valence-electron chi connectivity index (χ4n) is 2.22. The van der Waals surface area contributed by atoms with Crippen LogP contribution in [0.2, 0.25) is 0 Å². The third-order valence-electron chi connectivity index (χ3n) is 3.64. The van der Waals surface area contributed by atoms with Gasteiger partial charge in [0.2, 0.25) is 11.8 Å². The minimum atomic E-state index is -0.306. The summed E-state index contributed by atoms with van der Waals surface area (Å²) >= 11 is 0. The van der Waals surface area contributed by atoms with E-state index in [0.29, 0.717) is 18.5 Å². The number of hydrogen-bond donors (Lipinski definition) is 3. The Morgan fingerprint density at radius 2 is 1.60 bits per heavy atom. The van der Waals surface area contributed by atoms with Crippen molar-refractivity contribution in [3.63, 3.8) is 0 Å². The van der Waals surface area contributed by atoms with Gasteiger partial charge in [-0.2, -0.15) is 0 Å². The second-order valence-electron chi connectivity index (χ2n) is 5.42. The van der Waals surface area contributed by atoms with Gasteiger partial charge in [0, 0.05) is 29.8 Å². The van der Waals surface area contributed by atoms with Crippen molar-refractivity contribution in [3.8, 4) is 0 Å². The predicted molar refractivity (Wildman–Crippen MR) is 79.4 cm³/mol. The first-order valence-electron chi connectivity index (χ1n) is 6.99. The van der Waals surface area contributed by atoms with Crippen molar-refractivity contribution >= 4 is 23.2 Å². The fourth-order valence-corrected chi connectivity index (χ4v) is 2.22. The summed E-state index contributed by atoms with van der Waals surface area (Å²) in [5.74, 6) is -0.0885. The summed E-state index contributed by atoms with van der Waals surface area (Å²) < 4.78 is 0. The molecule has 0 heterocycles. The van der Waals surface area contributed by atoms with Crippen molar-refractivity contribution in [1.29, 1.82) is 0 Å². The number of benzene rings is 1. The molecule has 5 heteroatoms. The van der Waals surface area contributed by atoms with Crippen LogP contribution in [0.4, 0.5) is 11.4 Å². The SMILES string of the molecule is CCC(=O)Nc1ccc(NC(=O)CC2(N)CCC2)cc1. The van der Waals surface area contributed by atoms with Crippen LogP contribution in [-0.4, -0.2) is 17.4 Å². The summed E-state index contributed by atoms with van der Waals surface area (Å²) in [4.78, 5) is 23.1. The number of nitrogens with one attached hydrogen (secondary N) is 2. The Bertz CT molecular complexity index is 492. The third-order valence-corrected chi connectivity index (χ3v) is 3.64. The van der Waals surface area contributed by atoms with Crippen molar-refractivity contribution in [2.45, 2.75) is 44.6 Å². The van der Waals surface area contributed by atoms with Crippen molar-refractivity contribution in [1.82, 2.24) is 0 Å². The van der Waals surface area contributed by atoms with Crippen LogP contribution in [0.15, 0.2) is 24.3 Å². The molecule has 2 amide bonds. The number of hydrogen-bond acceptors (Lipinski definition) is 3. The number of anilines is 2. The van der Waals surface area contributed by atoms with E-state index in [2.05, 4.69) is 10.6 Å². The molecular formula is C15H21N3O2. The fraction of sp³-hybridized carbons (Fsp3) is 0.467. The number of nitrogens with two attached hydrogens (primary N) is 1. The van der Waals surface area contributed by atoms with E-state index in [1.165, 1.54) is 0 Å². The van der Waals surface area contributed by atoms with E-state index in [4.69, 9.17) is 5.73 Å². The number of rotatable bonds is 5. The summed E-state index contributed by atoms with van der Waals surface area (Å²) in [6, 6.07) is 7.08. The lowest BCUT2D eigenvalue weighted by molar-refractivity contribution is -0.118. The average molecular weight is 275 g/mol. The number of carbonyl (C=O) groups is 2. The normalized spacial score (nSPS) is 16.1. The first-order valence-corrected chi connectivity index (χ1v) is 6.99. The molecule has 0 saturated heterocycles. The molecule has 1 aromatic carbocycles. The van der Waals surface area contributed by atoms with Crippen molar-refractivity contribution in [2.75, 3.05) is 10.6 Å². The van der Waals surface area contributed by atoms with E-state index in [0.717, 1.165) is 24.9 Å². The number of carbonyl (C=O) groups excluding carboxylic acids is 2. The van der Waals surface area contributed by atoms with Crippen LogP contribution in [0.1, 0.15) is 39.0 Å². The van der Waals surface area contributed by atoms with Gasteiger partial charge in [-0.3, -0.25) is 9.59 Å². The van der Waals surface area contributed by atoms with E-state index >= 15 is 0 Å². The third kappa shape index (κ3) is 3.81. The van der Waals surface area contributed by atoms with Crippen molar-refractivity contribution in [3.05, 3.63) is 24.3 Å². The first kappa shape index (κ1) is 14.5. The monoisotopic (exact) mass is 275 g/mol. The van der Waals surface area contributed by atoms with E-state index in [1.54, 1.807) is 31.2 Å². The summed E-state index contributed by atoms with van der Waals surface area (Å²) in [6.07, 6.45) is 3.75. The molecule has 4 N–H and O–H groups in total. The zero-order valence-corrected chi connectivity index (χ0v) is 11.7. The van der Waals surface area contributed by atoms with E-state index in [1.807, 2.05) is 0 Å². The Morgan fingerprint density at radius 3 is 2.00 bits per heavy atom. The summed E-state index contributed by atoms with van der Waals surface area (Å²) in [5, 5.41) is 5.59. The van der Waals surface area contributed by atoms with Gasteiger partial charge in [-0.05, 0) is 43.5 Å². The maximum atomic E-state index is 11.9. The van der Waals surface area contributed by atoms with E-state index in [-0.39, 0.29) is 17.4 Å². The quantitative estimate of drug-likeness (QED) is 0.770. The summed E-state index contributed by atoms with van der Waals surface area (Å²) in [7, 11) is 0. The minimum Gasteiger partial charge on any atom is -0.326 e. The van der Waals surface area contributed by atoms with Gasteiger partial charge in [0.1, 0.15) is 0 Å². The average Bonchev–Trinajstić information content (AvgIpc) is 2.39. The zero-order chi connectivity index (χ0) is 14.6. The van der Waals surface area contributed by atoms with Crippen LogP contribution >= 0.6 is 0 Å². The van der Waals surface area contributed by atoms with Gasteiger partial charge in [-0.15, -0.1) is 0 Å². The van der Waals surface area contributed by atoms with Gasteiger partial charge in [-0.25, -0.2) is 0 Å². The highest BCUT2D eigenvalue weighted by atomic mass is 16.2. The Hall–Kier alpha value is -1.88. The Morgan fingerprint density at radius 1 is 1.10 bits per heavy atom. The predicted octanol–water partition coefficient (Wildman–Crippen LogP) is 2.25. The lowest BCUT2D eigenvalue weighted by Gasteiger charge is -2.37. The Labute approximate surface area is 118 Å². The zero-order valence-electron chi connectivity index (χ0n) is 11.7. The van der Waals surface area contributed by atoms with Crippen LogP contribution < -0.4 is 16.4 Å². The molecule has 0 aliphatic heterocycles. The molecule has 0 aromatic heterocycles. The molecule has 1 saturated carbocycles. The molecule has 1 aliphatic carbocycles. The number of amides is 2. The first-order chi connectivity index (χ1) is 9.50. The lowest BCUT2D eigenvalue weighted by Crippen LogP contribution is -2.48. The molecule has 0 spiro atoms. The molecule has 5 nitrogen and oxygen atoms in total. The molecular weight excluding hydrogens is 254 g/mol. The van der Waals surface area contributed by atoms with Gasteiger partial charge in [0.25, 0.3) is 0 Å². The lowest BCUT2D eigenvalue weighted by atomic mass is 9.75. The van der Waals surface area contributed by atoms with Crippen LogP contribution in [0.3, 0.4) is 0 Å². The molecule has 20 heavy (non-hydrogen) atoms. The van der Waals surface area contributed by atoms with Crippen LogP contribution in [0.25, 0.3) is 0 Å². The van der Waals surface area contributed by atoms with Crippen LogP contribution in [0.5, 0.6) is 0 Å². The van der Waals surface area contributed by atoms with Gasteiger partial charge in [-0.1, -0.05) is 6.92 Å². The van der Waals surface area contributed by atoms with Crippen molar-refractivity contribution < 1.29 is 9.59 Å². The maximum Gasteiger partial charge on any atom is 0.226 e. The molecule has 1 fully saturated rings. The largest absolute Gasteiger partial charge is 0.326 e. The van der Waals surface area contributed by atoms with Gasteiger partial charge in [0.05, 0.1) is 0 Å². The highest BCUT2D eigenvalue weighted by molar-refractivity contribution is 5.93. The highest BCUT2D eigenvalue weighted by Crippen LogP contribution is 2.32. The van der Waals surface area contributed by atoms with Crippen molar-refractivity contribution in [2.24, 2.45) is 5.73 Å². The topological polar surface area (TPSA) is 84.2 Å². The molecule has 108 valence electrons. The van der Waals surface area contributed by atoms with Gasteiger partial charge in [0.15, 0.2) is 0 Å². The molecule has 2 rings (SSSR count). The van der Waals surface area contributed by atoms with E-state index in [9.17, 15) is 9.59 Å². The van der Waals surface area contributed by atoms with Crippen LogP contribution in [0, 0.1) is 0 Å². The molecule has 1 aliphatic rings. The Kier molecular flexibility index (Phi) is 4.39. The van der Waals surface area contributed by atoms with E-state index < -0.39 is 0 Å². The second kappa shape index (κ2) is 6.05. The smallest absolute Gasteiger partial charge is 0.226 e. The molecule has 1 aromatic rings. The molecule has 0 atom stereocenters. The summed E-state index contributed by atoms with van der Waals surface area (Å²) in [6.45, 7) is 1.80. The highest BCUT2D eigenvalue weighted by Gasteiger charge is 2.34. The molecule has 0 unspecified atom stereocenters. The molecule has 0 bridgehead atoms. The maximum absolute atomic E-state index is 11.9. The second-order valence-corrected chi connectivity index (χ2v) is 5.42. The van der Waals surface area contributed by atoms with Crippen LogP contribution in [-0.2, 0) is 9.59 Å². The minimum absolute atomic E-state index is 0.0307. The van der Waals surface area contributed by atoms with Gasteiger partial charge >= 0.3 is 0 Å².